The molecule has 1 unspecified atom stereocenters. The highest BCUT2D eigenvalue weighted by atomic mass is 16.3. The molecule has 1 fully saturated rings. The third-order valence-corrected chi connectivity index (χ3v) is 3.47. The number of β-amino-alcohol motifs (C(OH)–C–C–N with tert-alkyl or cyclic N) is 1. The van der Waals surface area contributed by atoms with Crippen LogP contribution in [0, 0.1) is 6.92 Å². The normalized spacial score (nSPS) is 21.0. The van der Waals surface area contributed by atoms with Crippen molar-refractivity contribution in [3.8, 4) is 0 Å². The van der Waals surface area contributed by atoms with Crippen molar-refractivity contribution in [1.29, 1.82) is 0 Å². The number of hydrogen-bond donors (Lipinski definition) is 1. The summed E-state index contributed by atoms with van der Waals surface area (Å²) in [6.45, 7) is 10.6. The van der Waals surface area contributed by atoms with Gasteiger partial charge in [-0.25, -0.2) is 0 Å². The fourth-order valence-corrected chi connectivity index (χ4v) is 2.50. The van der Waals surface area contributed by atoms with Gasteiger partial charge in [-0.1, -0.05) is 32.9 Å². The van der Waals surface area contributed by atoms with Crippen LogP contribution in [0.15, 0.2) is 18.2 Å². The van der Waals surface area contributed by atoms with Crippen LogP contribution in [0.3, 0.4) is 0 Å². The summed E-state index contributed by atoms with van der Waals surface area (Å²) in [6, 6.07) is 6.66. The lowest BCUT2D eigenvalue weighted by Crippen LogP contribution is -2.25. The summed E-state index contributed by atoms with van der Waals surface area (Å²) < 4.78 is 0. The van der Waals surface area contributed by atoms with Gasteiger partial charge in [0.05, 0.1) is 6.10 Å². The molecular weight excluding hydrogens is 210 g/mol. The summed E-state index contributed by atoms with van der Waals surface area (Å²) in [4.78, 5) is 2.32. The number of anilines is 1. The Morgan fingerprint density at radius 2 is 2.00 bits per heavy atom. The fraction of sp³-hybridized carbons (Fsp3) is 0.600. The first-order valence-corrected chi connectivity index (χ1v) is 6.42. The second-order valence-electron chi connectivity index (χ2n) is 6.16. The molecule has 0 spiro atoms. The Hall–Kier alpha value is -1.02. The lowest BCUT2D eigenvalue weighted by molar-refractivity contribution is 0.198. The van der Waals surface area contributed by atoms with Crippen molar-refractivity contribution >= 4 is 5.69 Å². The fourth-order valence-electron chi connectivity index (χ4n) is 2.50. The van der Waals surface area contributed by atoms with E-state index in [1.165, 1.54) is 16.8 Å². The molecule has 2 heteroatoms. The number of nitrogens with zero attached hydrogens (tertiary/aromatic N) is 1. The summed E-state index contributed by atoms with van der Waals surface area (Å²) >= 11 is 0. The van der Waals surface area contributed by atoms with E-state index in [2.05, 4.69) is 50.8 Å². The Labute approximate surface area is 104 Å². The van der Waals surface area contributed by atoms with Crippen LogP contribution >= 0.6 is 0 Å². The van der Waals surface area contributed by atoms with Crippen LogP contribution in [-0.2, 0) is 5.41 Å². The Morgan fingerprint density at radius 1 is 1.29 bits per heavy atom. The molecule has 1 saturated heterocycles. The van der Waals surface area contributed by atoms with Gasteiger partial charge in [-0.2, -0.15) is 0 Å². The van der Waals surface area contributed by atoms with E-state index in [1.54, 1.807) is 0 Å². The molecule has 0 amide bonds. The number of rotatable bonds is 1. The molecule has 0 bridgehead atoms. The molecule has 0 saturated carbocycles. The number of aryl methyl sites for hydroxylation is 1. The maximum Gasteiger partial charge on any atom is 0.0731 e. The molecule has 2 nitrogen and oxygen atoms in total. The van der Waals surface area contributed by atoms with E-state index >= 15 is 0 Å². The Bertz CT molecular complexity index is 406. The standard InChI is InChI=1S/C15H23NO/c1-11-5-6-13(15(2,3)4)14(9-11)16-8-7-12(17)10-16/h5-6,9,12,17H,7-8,10H2,1-4H3. The zero-order chi connectivity index (χ0) is 12.6. The number of hydrogen-bond acceptors (Lipinski definition) is 2. The van der Waals surface area contributed by atoms with Crippen LogP contribution in [0.25, 0.3) is 0 Å². The summed E-state index contributed by atoms with van der Waals surface area (Å²) in [5.41, 5.74) is 4.11. The summed E-state index contributed by atoms with van der Waals surface area (Å²) in [5.74, 6) is 0. The molecule has 1 aliphatic heterocycles. The minimum absolute atomic E-state index is 0.149. The monoisotopic (exact) mass is 233 g/mol. The maximum absolute atomic E-state index is 9.68. The average Bonchev–Trinajstić information content (AvgIpc) is 2.62. The lowest BCUT2D eigenvalue weighted by atomic mass is 9.85. The smallest absolute Gasteiger partial charge is 0.0731 e. The Morgan fingerprint density at radius 3 is 2.53 bits per heavy atom. The van der Waals surface area contributed by atoms with Crippen molar-refractivity contribution in [2.75, 3.05) is 18.0 Å². The van der Waals surface area contributed by atoms with Gasteiger partial charge in [-0.05, 0) is 36.0 Å². The number of benzene rings is 1. The number of aliphatic hydroxyl groups excluding tert-OH is 1. The minimum Gasteiger partial charge on any atom is -0.391 e. The third-order valence-electron chi connectivity index (χ3n) is 3.47. The highest BCUT2D eigenvalue weighted by Crippen LogP contribution is 2.34. The SMILES string of the molecule is Cc1ccc(C(C)(C)C)c(N2CCC(O)C2)c1. The van der Waals surface area contributed by atoms with Crippen LogP contribution < -0.4 is 4.90 Å². The zero-order valence-corrected chi connectivity index (χ0v) is 11.3. The predicted molar refractivity (Wildman–Crippen MR) is 72.7 cm³/mol. The molecule has 0 radical (unpaired) electrons. The molecule has 1 heterocycles. The average molecular weight is 233 g/mol. The van der Waals surface area contributed by atoms with E-state index in [0.29, 0.717) is 0 Å². The molecule has 0 aromatic heterocycles. The molecular formula is C15H23NO. The van der Waals surface area contributed by atoms with E-state index in [0.717, 1.165) is 19.5 Å². The van der Waals surface area contributed by atoms with E-state index < -0.39 is 0 Å². The van der Waals surface area contributed by atoms with Crippen molar-refractivity contribution in [2.24, 2.45) is 0 Å². The van der Waals surface area contributed by atoms with Gasteiger partial charge in [0.25, 0.3) is 0 Å². The van der Waals surface area contributed by atoms with Crippen molar-refractivity contribution in [3.63, 3.8) is 0 Å². The third kappa shape index (κ3) is 2.63. The predicted octanol–water partition coefficient (Wildman–Crippen LogP) is 2.86. The van der Waals surface area contributed by atoms with Gasteiger partial charge in [-0.3, -0.25) is 0 Å². The van der Waals surface area contributed by atoms with Crippen LogP contribution in [0.4, 0.5) is 5.69 Å². The lowest BCUT2D eigenvalue weighted by Gasteiger charge is -2.29. The van der Waals surface area contributed by atoms with Gasteiger partial charge in [0.1, 0.15) is 0 Å². The second-order valence-corrected chi connectivity index (χ2v) is 6.16. The van der Waals surface area contributed by atoms with Crippen molar-refractivity contribution in [2.45, 2.75) is 45.6 Å². The van der Waals surface area contributed by atoms with Gasteiger partial charge in [0.2, 0.25) is 0 Å². The van der Waals surface area contributed by atoms with E-state index in [-0.39, 0.29) is 11.5 Å². The largest absolute Gasteiger partial charge is 0.391 e. The molecule has 2 rings (SSSR count). The first-order chi connectivity index (χ1) is 7.88. The van der Waals surface area contributed by atoms with Gasteiger partial charge in [0, 0.05) is 18.8 Å². The van der Waals surface area contributed by atoms with Gasteiger partial charge in [-0.15, -0.1) is 0 Å². The van der Waals surface area contributed by atoms with Crippen molar-refractivity contribution in [3.05, 3.63) is 29.3 Å². The topological polar surface area (TPSA) is 23.5 Å². The Balaban J connectivity index is 2.40. The second kappa shape index (κ2) is 4.34. The van der Waals surface area contributed by atoms with Gasteiger partial charge in [0.15, 0.2) is 0 Å². The molecule has 0 aliphatic carbocycles. The van der Waals surface area contributed by atoms with Crippen molar-refractivity contribution in [1.82, 2.24) is 0 Å². The molecule has 1 atom stereocenters. The van der Waals surface area contributed by atoms with Gasteiger partial charge >= 0.3 is 0 Å². The Kier molecular flexibility index (Phi) is 3.17. The summed E-state index contributed by atoms with van der Waals surface area (Å²) in [5, 5.41) is 9.68. The van der Waals surface area contributed by atoms with Crippen LogP contribution in [0.2, 0.25) is 0 Å². The summed E-state index contributed by atoms with van der Waals surface area (Å²) in [7, 11) is 0. The van der Waals surface area contributed by atoms with Crippen LogP contribution in [-0.4, -0.2) is 24.3 Å². The minimum atomic E-state index is -0.164. The first kappa shape index (κ1) is 12.4. The zero-order valence-electron chi connectivity index (χ0n) is 11.3. The molecule has 1 aromatic rings. The van der Waals surface area contributed by atoms with Gasteiger partial charge < -0.3 is 10.0 Å². The van der Waals surface area contributed by atoms with Crippen molar-refractivity contribution < 1.29 is 5.11 Å². The quantitative estimate of drug-likeness (QED) is 0.806. The molecule has 17 heavy (non-hydrogen) atoms. The highest BCUT2D eigenvalue weighted by Gasteiger charge is 2.26. The molecule has 94 valence electrons. The van der Waals surface area contributed by atoms with Crippen LogP contribution in [0.1, 0.15) is 38.3 Å². The van der Waals surface area contributed by atoms with E-state index in [1.807, 2.05) is 0 Å². The van der Waals surface area contributed by atoms with Crippen LogP contribution in [0.5, 0.6) is 0 Å². The summed E-state index contributed by atoms with van der Waals surface area (Å²) in [6.07, 6.45) is 0.723. The maximum atomic E-state index is 9.68. The molecule has 1 N–H and O–H groups in total. The first-order valence-electron chi connectivity index (χ1n) is 6.42. The number of aliphatic hydroxyl groups is 1. The van der Waals surface area contributed by atoms with E-state index in [4.69, 9.17) is 0 Å². The van der Waals surface area contributed by atoms with E-state index in [9.17, 15) is 5.11 Å². The molecule has 1 aromatic carbocycles. The highest BCUT2D eigenvalue weighted by molar-refractivity contribution is 5.58. The molecule has 1 aliphatic rings.